The number of nitrogens with two attached hydrogens (primary N) is 2. The number of nitrogen functional groups attached to an aromatic ring is 2. The number of aromatic nitrogens is 2. The highest BCUT2D eigenvalue weighted by Gasteiger charge is 2.11. The maximum absolute atomic E-state index is 5.81. The van der Waals surface area contributed by atoms with E-state index in [-0.39, 0.29) is 0 Å². The van der Waals surface area contributed by atoms with Gasteiger partial charge in [-0.3, -0.25) is 0 Å². The topological polar surface area (TPSA) is 69.9 Å². The largest absolute Gasteiger partial charge is 0.368 e. The number of hydrogen-bond acceptors (Lipinski definition) is 3. The van der Waals surface area contributed by atoms with Gasteiger partial charge in [0.1, 0.15) is 0 Å². The lowest BCUT2D eigenvalue weighted by Crippen LogP contribution is -2.12. The Bertz CT molecular complexity index is 470. The Labute approximate surface area is 82.5 Å². The molecule has 0 aliphatic carbocycles. The molecule has 0 bridgehead atoms. The Kier molecular flexibility index (Phi) is 1.84. The van der Waals surface area contributed by atoms with Crippen molar-refractivity contribution >= 4 is 17.0 Å². The average molecular weight is 190 g/mol. The Morgan fingerprint density at radius 3 is 2.71 bits per heavy atom. The number of benzene rings is 1. The molecule has 14 heavy (non-hydrogen) atoms. The van der Waals surface area contributed by atoms with Crippen LogP contribution in [0, 0.1) is 0 Å². The first-order valence-corrected chi connectivity index (χ1v) is 4.63. The number of hydrogen-bond donors (Lipinski definition) is 2. The Balaban J connectivity index is 2.84. The molecule has 0 saturated heterocycles. The standard InChI is InChI=1S/C10H14N4/c1-6(2)7-4-3-5-8-9(7)14(12)10(11)13-8/h3-6H,12H2,1-2H3,(H2,11,13). The zero-order chi connectivity index (χ0) is 10.3. The molecule has 0 aliphatic heterocycles. The molecule has 2 aromatic rings. The minimum Gasteiger partial charge on any atom is -0.368 e. The molecule has 1 heterocycles. The Hall–Kier alpha value is -1.71. The zero-order valence-electron chi connectivity index (χ0n) is 8.36. The highest BCUT2D eigenvalue weighted by molar-refractivity contribution is 5.82. The van der Waals surface area contributed by atoms with Gasteiger partial charge in [0, 0.05) is 0 Å². The summed E-state index contributed by atoms with van der Waals surface area (Å²) in [7, 11) is 0. The van der Waals surface area contributed by atoms with E-state index >= 15 is 0 Å². The van der Waals surface area contributed by atoms with E-state index in [9.17, 15) is 0 Å². The van der Waals surface area contributed by atoms with Gasteiger partial charge in [0.15, 0.2) is 0 Å². The Morgan fingerprint density at radius 1 is 1.36 bits per heavy atom. The normalized spacial score (nSPS) is 11.4. The second-order valence-electron chi connectivity index (χ2n) is 3.71. The van der Waals surface area contributed by atoms with Crippen LogP contribution < -0.4 is 11.6 Å². The van der Waals surface area contributed by atoms with E-state index in [1.807, 2.05) is 12.1 Å². The predicted molar refractivity (Wildman–Crippen MR) is 58.4 cm³/mol. The van der Waals surface area contributed by atoms with E-state index in [4.69, 9.17) is 11.6 Å². The van der Waals surface area contributed by atoms with Crippen LogP contribution in [0.25, 0.3) is 11.0 Å². The van der Waals surface area contributed by atoms with Gasteiger partial charge >= 0.3 is 0 Å². The molecule has 2 rings (SSSR count). The van der Waals surface area contributed by atoms with E-state index in [0.29, 0.717) is 11.9 Å². The third kappa shape index (κ3) is 1.11. The van der Waals surface area contributed by atoms with Gasteiger partial charge in [-0.2, -0.15) is 0 Å². The fourth-order valence-corrected chi connectivity index (χ4v) is 1.66. The van der Waals surface area contributed by atoms with E-state index in [2.05, 4.69) is 24.9 Å². The number of fused-ring (bicyclic) bond motifs is 1. The van der Waals surface area contributed by atoms with Crippen molar-refractivity contribution in [1.82, 2.24) is 9.66 Å². The van der Waals surface area contributed by atoms with Gasteiger partial charge in [-0.1, -0.05) is 26.0 Å². The van der Waals surface area contributed by atoms with Crippen molar-refractivity contribution in [1.29, 1.82) is 0 Å². The number of imidazole rings is 1. The molecule has 0 unspecified atom stereocenters. The van der Waals surface area contributed by atoms with Crippen LogP contribution in [0.4, 0.5) is 5.95 Å². The smallest absolute Gasteiger partial charge is 0.220 e. The predicted octanol–water partition coefficient (Wildman–Crippen LogP) is 1.46. The molecule has 0 amide bonds. The van der Waals surface area contributed by atoms with E-state index in [0.717, 1.165) is 11.0 Å². The second-order valence-corrected chi connectivity index (χ2v) is 3.71. The van der Waals surface area contributed by atoms with Gasteiger partial charge in [0.05, 0.1) is 11.0 Å². The Morgan fingerprint density at radius 2 is 2.07 bits per heavy atom. The van der Waals surface area contributed by atoms with Gasteiger partial charge in [0.25, 0.3) is 0 Å². The quantitative estimate of drug-likeness (QED) is 0.669. The third-order valence-corrected chi connectivity index (χ3v) is 2.39. The summed E-state index contributed by atoms with van der Waals surface area (Å²) >= 11 is 0. The number of rotatable bonds is 1. The van der Waals surface area contributed by atoms with Crippen molar-refractivity contribution in [2.24, 2.45) is 0 Å². The van der Waals surface area contributed by atoms with Crippen LogP contribution in [0.15, 0.2) is 18.2 Å². The van der Waals surface area contributed by atoms with Crippen molar-refractivity contribution in [3.05, 3.63) is 23.8 Å². The molecule has 0 spiro atoms. The molecule has 0 atom stereocenters. The molecule has 1 aromatic heterocycles. The molecular formula is C10H14N4. The molecule has 74 valence electrons. The van der Waals surface area contributed by atoms with Crippen LogP contribution in [0.5, 0.6) is 0 Å². The van der Waals surface area contributed by atoms with Gasteiger partial charge in [-0.05, 0) is 17.5 Å². The van der Waals surface area contributed by atoms with E-state index in [1.165, 1.54) is 10.2 Å². The van der Waals surface area contributed by atoms with Crippen molar-refractivity contribution in [2.45, 2.75) is 19.8 Å². The van der Waals surface area contributed by atoms with Crippen LogP contribution in [0.2, 0.25) is 0 Å². The minimum absolute atomic E-state index is 0.355. The van der Waals surface area contributed by atoms with Gasteiger partial charge < -0.3 is 11.6 Å². The summed E-state index contributed by atoms with van der Waals surface area (Å²) in [5.74, 6) is 6.57. The molecule has 4 heteroatoms. The summed E-state index contributed by atoms with van der Waals surface area (Å²) in [6.45, 7) is 4.25. The lowest BCUT2D eigenvalue weighted by Gasteiger charge is -2.07. The highest BCUT2D eigenvalue weighted by Crippen LogP contribution is 2.25. The van der Waals surface area contributed by atoms with Crippen molar-refractivity contribution in [3.63, 3.8) is 0 Å². The SMILES string of the molecule is CC(C)c1cccc2nc(N)n(N)c12. The summed E-state index contributed by atoms with van der Waals surface area (Å²) in [6.07, 6.45) is 0. The van der Waals surface area contributed by atoms with Crippen LogP contribution in [-0.2, 0) is 0 Å². The summed E-state index contributed by atoms with van der Waals surface area (Å²) in [5.41, 5.74) is 8.61. The highest BCUT2D eigenvalue weighted by atomic mass is 15.4. The van der Waals surface area contributed by atoms with Gasteiger partial charge in [0.2, 0.25) is 5.95 Å². The summed E-state index contributed by atoms with van der Waals surface area (Å²) in [5, 5.41) is 0. The van der Waals surface area contributed by atoms with Crippen molar-refractivity contribution < 1.29 is 0 Å². The van der Waals surface area contributed by atoms with Crippen molar-refractivity contribution in [3.8, 4) is 0 Å². The molecule has 0 fully saturated rings. The zero-order valence-corrected chi connectivity index (χ0v) is 8.36. The molecular weight excluding hydrogens is 176 g/mol. The molecule has 0 radical (unpaired) electrons. The molecule has 4 nitrogen and oxygen atoms in total. The van der Waals surface area contributed by atoms with Crippen LogP contribution in [0.3, 0.4) is 0 Å². The van der Waals surface area contributed by atoms with Crippen LogP contribution >= 0.6 is 0 Å². The maximum Gasteiger partial charge on any atom is 0.220 e. The summed E-state index contributed by atoms with van der Waals surface area (Å²) in [4.78, 5) is 4.17. The first-order chi connectivity index (χ1) is 6.61. The molecule has 0 aliphatic rings. The fraction of sp³-hybridized carbons (Fsp3) is 0.300. The van der Waals surface area contributed by atoms with Gasteiger partial charge in [-0.25, -0.2) is 9.66 Å². The number of para-hydroxylation sites is 1. The van der Waals surface area contributed by atoms with E-state index in [1.54, 1.807) is 0 Å². The van der Waals surface area contributed by atoms with E-state index < -0.39 is 0 Å². The van der Waals surface area contributed by atoms with Gasteiger partial charge in [-0.15, -0.1) is 0 Å². The monoisotopic (exact) mass is 190 g/mol. The molecule has 4 N–H and O–H groups in total. The lowest BCUT2D eigenvalue weighted by molar-refractivity contribution is 0.866. The molecule has 0 saturated carbocycles. The van der Waals surface area contributed by atoms with Crippen molar-refractivity contribution in [2.75, 3.05) is 11.6 Å². The first kappa shape index (κ1) is 8.87. The number of nitrogens with zero attached hydrogens (tertiary/aromatic N) is 2. The van der Waals surface area contributed by atoms with Crippen LogP contribution in [-0.4, -0.2) is 9.66 Å². The fourth-order valence-electron chi connectivity index (χ4n) is 1.66. The maximum atomic E-state index is 5.81. The molecule has 1 aromatic carbocycles. The lowest BCUT2D eigenvalue weighted by atomic mass is 10.0. The number of anilines is 1. The summed E-state index contributed by atoms with van der Waals surface area (Å²) in [6, 6.07) is 5.95. The average Bonchev–Trinajstić information content (AvgIpc) is 2.43. The first-order valence-electron chi connectivity index (χ1n) is 4.63. The minimum atomic E-state index is 0.355. The summed E-state index contributed by atoms with van der Waals surface area (Å²) < 4.78 is 1.45. The second kappa shape index (κ2) is 2.90. The third-order valence-electron chi connectivity index (χ3n) is 2.39. The van der Waals surface area contributed by atoms with Crippen LogP contribution in [0.1, 0.15) is 25.3 Å².